The van der Waals surface area contributed by atoms with Gasteiger partial charge in [0.15, 0.2) is 12.6 Å². The SMILES string of the molecule is COC(=O)[C@@H]1Cc2ccccc2C[NH+]1CC(=O)Nc1ccc(C)cc1C. The van der Waals surface area contributed by atoms with Crippen molar-refractivity contribution < 1.29 is 19.2 Å². The number of hydrogen-bond donors (Lipinski definition) is 2. The van der Waals surface area contributed by atoms with Gasteiger partial charge in [-0.1, -0.05) is 42.0 Å². The Kier molecular flexibility index (Phi) is 5.38. The molecule has 0 saturated heterocycles. The van der Waals surface area contributed by atoms with Gasteiger partial charge in [0.25, 0.3) is 5.91 Å². The molecule has 0 aliphatic carbocycles. The number of methoxy groups -OCH3 is 1. The third kappa shape index (κ3) is 3.94. The van der Waals surface area contributed by atoms with Crippen LogP contribution in [0.4, 0.5) is 5.69 Å². The number of amides is 1. The molecule has 5 heteroatoms. The van der Waals surface area contributed by atoms with Gasteiger partial charge in [-0.15, -0.1) is 0 Å². The number of carbonyl (C=O) groups excluding carboxylic acids is 2. The van der Waals surface area contributed by atoms with Crippen molar-refractivity contribution in [3.8, 4) is 0 Å². The lowest BCUT2D eigenvalue weighted by atomic mass is 9.94. The maximum atomic E-state index is 12.6. The molecule has 3 rings (SSSR count). The number of aryl methyl sites for hydroxylation is 2. The first-order valence-electron chi connectivity index (χ1n) is 8.84. The van der Waals surface area contributed by atoms with Crippen molar-refractivity contribution in [3.63, 3.8) is 0 Å². The lowest BCUT2D eigenvalue weighted by Crippen LogP contribution is -3.17. The minimum atomic E-state index is -0.361. The fourth-order valence-electron chi connectivity index (χ4n) is 3.59. The second-order valence-corrected chi connectivity index (χ2v) is 6.93. The lowest BCUT2D eigenvalue weighted by molar-refractivity contribution is -0.924. The summed E-state index contributed by atoms with van der Waals surface area (Å²) in [6.45, 7) is 4.86. The molecular weight excluding hydrogens is 328 g/mol. The van der Waals surface area contributed by atoms with Gasteiger partial charge in [0, 0.05) is 17.7 Å². The van der Waals surface area contributed by atoms with E-state index in [0.29, 0.717) is 13.0 Å². The highest BCUT2D eigenvalue weighted by molar-refractivity contribution is 5.92. The van der Waals surface area contributed by atoms with Gasteiger partial charge in [0.2, 0.25) is 0 Å². The molecule has 0 fully saturated rings. The van der Waals surface area contributed by atoms with Crippen LogP contribution in [0.25, 0.3) is 0 Å². The van der Waals surface area contributed by atoms with Crippen LogP contribution in [-0.2, 0) is 27.3 Å². The van der Waals surface area contributed by atoms with Gasteiger partial charge in [0.1, 0.15) is 6.54 Å². The summed E-state index contributed by atoms with van der Waals surface area (Å²) in [7, 11) is 1.40. The maximum absolute atomic E-state index is 12.6. The number of quaternary nitrogens is 1. The van der Waals surface area contributed by atoms with Crippen LogP contribution in [0.2, 0.25) is 0 Å². The smallest absolute Gasteiger partial charge is 0.365 e. The van der Waals surface area contributed by atoms with Crippen molar-refractivity contribution in [1.29, 1.82) is 0 Å². The van der Waals surface area contributed by atoms with E-state index in [9.17, 15) is 9.59 Å². The first kappa shape index (κ1) is 18.1. The number of anilines is 1. The highest BCUT2D eigenvalue weighted by atomic mass is 16.5. The first-order valence-corrected chi connectivity index (χ1v) is 8.84. The molecule has 2 atom stereocenters. The molecule has 0 saturated carbocycles. The molecule has 0 radical (unpaired) electrons. The predicted octanol–water partition coefficient (Wildman–Crippen LogP) is 1.42. The highest BCUT2D eigenvalue weighted by Crippen LogP contribution is 2.16. The summed E-state index contributed by atoms with van der Waals surface area (Å²) >= 11 is 0. The molecule has 1 amide bonds. The molecule has 26 heavy (non-hydrogen) atoms. The Hall–Kier alpha value is -2.66. The average Bonchev–Trinajstić information content (AvgIpc) is 2.63. The van der Waals surface area contributed by atoms with E-state index in [0.717, 1.165) is 27.3 Å². The van der Waals surface area contributed by atoms with Gasteiger partial charge in [-0.05, 0) is 31.0 Å². The molecule has 2 N–H and O–H groups in total. The molecule has 2 aromatic rings. The molecular formula is C21H25N2O3+. The van der Waals surface area contributed by atoms with Gasteiger partial charge in [-0.2, -0.15) is 0 Å². The Labute approximate surface area is 154 Å². The van der Waals surface area contributed by atoms with Gasteiger partial charge in [-0.3, -0.25) is 4.79 Å². The Morgan fingerprint density at radius 2 is 1.88 bits per heavy atom. The van der Waals surface area contributed by atoms with E-state index < -0.39 is 0 Å². The Morgan fingerprint density at radius 1 is 1.15 bits per heavy atom. The molecule has 136 valence electrons. The Morgan fingerprint density at radius 3 is 2.58 bits per heavy atom. The van der Waals surface area contributed by atoms with E-state index in [-0.39, 0.29) is 24.5 Å². The summed E-state index contributed by atoms with van der Waals surface area (Å²) < 4.78 is 4.98. The zero-order chi connectivity index (χ0) is 18.7. The summed E-state index contributed by atoms with van der Waals surface area (Å²) in [5, 5.41) is 2.97. The first-order chi connectivity index (χ1) is 12.5. The minimum absolute atomic E-state index is 0.0970. The van der Waals surface area contributed by atoms with Crippen molar-refractivity contribution >= 4 is 17.6 Å². The quantitative estimate of drug-likeness (QED) is 0.818. The predicted molar refractivity (Wildman–Crippen MR) is 100 cm³/mol. The Balaban J connectivity index is 1.75. The van der Waals surface area contributed by atoms with E-state index in [1.54, 1.807) is 0 Å². The van der Waals surface area contributed by atoms with Crippen LogP contribution in [0, 0.1) is 13.8 Å². The van der Waals surface area contributed by atoms with E-state index in [1.807, 2.05) is 50.2 Å². The third-order valence-electron chi connectivity index (χ3n) is 4.98. The van der Waals surface area contributed by atoms with E-state index in [2.05, 4.69) is 11.4 Å². The Bertz CT molecular complexity index is 832. The van der Waals surface area contributed by atoms with E-state index >= 15 is 0 Å². The second kappa shape index (κ2) is 7.70. The van der Waals surface area contributed by atoms with Crippen LogP contribution in [0.15, 0.2) is 42.5 Å². The summed E-state index contributed by atoms with van der Waals surface area (Å²) in [4.78, 5) is 25.8. The largest absolute Gasteiger partial charge is 0.465 e. The monoisotopic (exact) mass is 353 g/mol. The van der Waals surface area contributed by atoms with Crippen molar-refractivity contribution in [3.05, 3.63) is 64.7 Å². The summed E-state index contributed by atoms with van der Waals surface area (Å²) in [6.07, 6.45) is 0.592. The summed E-state index contributed by atoms with van der Waals surface area (Å²) in [5.74, 6) is -0.367. The van der Waals surface area contributed by atoms with Gasteiger partial charge >= 0.3 is 5.97 Å². The highest BCUT2D eigenvalue weighted by Gasteiger charge is 2.37. The molecule has 1 aliphatic heterocycles. The van der Waals surface area contributed by atoms with Crippen LogP contribution < -0.4 is 10.2 Å². The molecule has 1 heterocycles. The molecule has 0 aromatic heterocycles. The van der Waals surface area contributed by atoms with E-state index in [1.165, 1.54) is 12.7 Å². The van der Waals surface area contributed by atoms with Crippen molar-refractivity contribution in [2.24, 2.45) is 0 Å². The lowest BCUT2D eigenvalue weighted by Gasteiger charge is -2.31. The average molecular weight is 353 g/mol. The second-order valence-electron chi connectivity index (χ2n) is 6.93. The number of rotatable bonds is 4. The third-order valence-corrected chi connectivity index (χ3v) is 4.98. The van der Waals surface area contributed by atoms with Gasteiger partial charge in [-0.25, -0.2) is 4.79 Å². The zero-order valence-electron chi connectivity index (χ0n) is 15.5. The molecule has 1 aliphatic rings. The number of benzene rings is 2. The van der Waals surface area contributed by atoms with Crippen molar-refractivity contribution in [1.82, 2.24) is 0 Å². The van der Waals surface area contributed by atoms with Crippen LogP contribution in [-0.4, -0.2) is 31.6 Å². The number of ether oxygens (including phenoxy) is 1. The van der Waals surface area contributed by atoms with Crippen molar-refractivity contribution in [2.45, 2.75) is 32.9 Å². The van der Waals surface area contributed by atoms with Gasteiger partial charge in [0.05, 0.1) is 7.11 Å². The normalized spacial score (nSPS) is 18.7. The van der Waals surface area contributed by atoms with Crippen LogP contribution in [0.5, 0.6) is 0 Å². The minimum Gasteiger partial charge on any atom is -0.465 e. The number of hydrogen-bond acceptors (Lipinski definition) is 3. The van der Waals surface area contributed by atoms with E-state index in [4.69, 9.17) is 4.74 Å². The van der Waals surface area contributed by atoms with Crippen molar-refractivity contribution in [2.75, 3.05) is 19.0 Å². The molecule has 5 nitrogen and oxygen atoms in total. The number of nitrogens with one attached hydrogen (secondary N) is 2. The summed E-state index contributed by atoms with van der Waals surface area (Å²) in [5.41, 5.74) is 5.34. The topological polar surface area (TPSA) is 59.8 Å². The van der Waals surface area contributed by atoms with Crippen LogP contribution >= 0.6 is 0 Å². The molecule has 2 aromatic carbocycles. The fraction of sp³-hybridized carbons (Fsp3) is 0.333. The van der Waals surface area contributed by atoms with Crippen LogP contribution in [0.1, 0.15) is 22.3 Å². The van der Waals surface area contributed by atoms with Gasteiger partial charge < -0.3 is 15.0 Å². The van der Waals surface area contributed by atoms with Crippen LogP contribution in [0.3, 0.4) is 0 Å². The molecule has 0 spiro atoms. The zero-order valence-corrected chi connectivity index (χ0v) is 15.5. The fourth-order valence-corrected chi connectivity index (χ4v) is 3.59. The standard InChI is InChI=1S/C21H24N2O3/c1-14-8-9-18(15(2)10-14)22-20(24)13-23-12-17-7-5-4-6-16(17)11-19(23)21(25)26-3/h4-10,19H,11-13H2,1-3H3,(H,22,24)/p+1/t19-/m0/s1. The number of carbonyl (C=O) groups is 2. The molecule has 0 bridgehead atoms. The summed E-state index contributed by atoms with van der Waals surface area (Å²) in [6, 6.07) is 13.6. The number of fused-ring (bicyclic) bond motifs is 1. The molecule has 1 unspecified atom stereocenters. The number of esters is 1. The maximum Gasteiger partial charge on any atom is 0.365 e.